The van der Waals surface area contributed by atoms with Crippen LogP contribution in [0, 0.1) is 17.2 Å². The van der Waals surface area contributed by atoms with Gasteiger partial charge in [-0.1, -0.05) is 43.3 Å². The molecule has 0 aliphatic carbocycles. The van der Waals surface area contributed by atoms with Crippen LogP contribution in [0.2, 0.25) is 0 Å². The Hall–Kier alpha value is -3.46. The summed E-state index contributed by atoms with van der Waals surface area (Å²) < 4.78 is 0. The zero-order valence-electron chi connectivity index (χ0n) is 14.1. The molecule has 0 saturated heterocycles. The molecule has 6 heteroatoms. The molecular formula is C20H17N3O3. The SMILES string of the molecule is C[C@H](CC#N)[C@H](NC(=O)c1c2ccccc2nc2ccccc12)C(=O)O. The van der Waals surface area contributed by atoms with Gasteiger partial charge in [0.05, 0.1) is 22.7 Å². The van der Waals surface area contributed by atoms with E-state index in [2.05, 4.69) is 10.3 Å². The van der Waals surface area contributed by atoms with Crippen LogP contribution in [0.1, 0.15) is 23.7 Å². The van der Waals surface area contributed by atoms with E-state index in [9.17, 15) is 14.7 Å². The van der Waals surface area contributed by atoms with Gasteiger partial charge in [0.25, 0.3) is 5.91 Å². The maximum absolute atomic E-state index is 13.0. The van der Waals surface area contributed by atoms with Gasteiger partial charge in [-0.05, 0) is 12.1 Å². The van der Waals surface area contributed by atoms with Crippen molar-refractivity contribution in [2.75, 3.05) is 0 Å². The highest BCUT2D eigenvalue weighted by Crippen LogP contribution is 2.26. The van der Waals surface area contributed by atoms with E-state index in [4.69, 9.17) is 5.26 Å². The molecule has 0 spiro atoms. The quantitative estimate of drug-likeness (QED) is 0.690. The van der Waals surface area contributed by atoms with E-state index >= 15 is 0 Å². The molecule has 0 bridgehead atoms. The van der Waals surface area contributed by atoms with Crippen LogP contribution in [0.25, 0.3) is 21.8 Å². The summed E-state index contributed by atoms with van der Waals surface area (Å²) in [6.45, 7) is 1.63. The van der Waals surface area contributed by atoms with Gasteiger partial charge < -0.3 is 10.4 Å². The molecule has 0 radical (unpaired) electrons. The smallest absolute Gasteiger partial charge is 0.326 e. The van der Waals surface area contributed by atoms with Crippen LogP contribution >= 0.6 is 0 Å². The normalized spacial score (nSPS) is 13.1. The molecule has 0 fully saturated rings. The van der Waals surface area contributed by atoms with Crippen LogP contribution < -0.4 is 5.32 Å². The fraction of sp³-hybridized carbons (Fsp3) is 0.200. The Kier molecular flexibility index (Phi) is 4.81. The molecule has 0 saturated carbocycles. The van der Waals surface area contributed by atoms with E-state index in [0.717, 1.165) is 0 Å². The average molecular weight is 347 g/mol. The second-order valence-corrected chi connectivity index (χ2v) is 6.15. The Morgan fingerprint density at radius 1 is 1.12 bits per heavy atom. The number of carbonyl (C=O) groups is 2. The number of carboxylic acid groups (broad SMARTS) is 1. The molecule has 3 rings (SSSR count). The van der Waals surface area contributed by atoms with Crippen molar-refractivity contribution in [3.05, 3.63) is 54.1 Å². The number of carbonyl (C=O) groups excluding carboxylic acids is 1. The van der Waals surface area contributed by atoms with E-state index in [0.29, 0.717) is 27.4 Å². The fourth-order valence-corrected chi connectivity index (χ4v) is 3.01. The van der Waals surface area contributed by atoms with Gasteiger partial charge in [-0.25, -0.2) is 9.78 Å². The number of benzene rings is 2. The lowest BCUT2D eigenvalue weighted by Crippen LogP contribution is -2.45. The summed E-state index contributed by atoms with van der Waals surface area (Å²) in [4.78, 5) is 29.1. The largest absolute Gasteiger partial charge is 0.480 e. The van der Waals surface area contributed by atoms with Crippen molar-refractivity contribution in [2.45, 2.75) is 19.4 Å². The first-order valence-electron chi connectivity index (χ1n) is 8.21. The Morgan fingerprint density at radius 3 is 2.15 bits per heavy atom. The molecule has 3 aromatic rings. The maximum Gasteiger partial charge on any atom is 0.326 e. The van der Waals surface area contributed by atoms with Crippen LogP contribution in [-0.2, 0) is 4.79 Å². The van der Waals surface area contributed by atoms with Gasteiger partial charge in [-0.15, -0.1) is 0 Å². The molecule has 0 aliphatic heterocycles. The van der Waals surface area contributed by atoms with E-state index in [1.54, 1.807) is 19.1 Å². The lowest BCUT2D eigenvalue weighted by atomic mass is 9.97. The third-order valence-electron chi connectivity index (χ3n) is 4.35. The van der Waals surface area contributed by atoms with E-state index < -0.39 is 23.8 Å². The Morgan fingerprint density at radius 2 is 1.65 bits per heavy atom. The number of para-hydroxylation sites is 2. The Labute approximate surface area is 150 Å². The van der Waals surface area contributed by atoms with E-state index in [-0.39, 0.29) is 6.42 Å². The summed E-state index contributed by atoms with van der Waals surface area (Å²) in [5.41, 5.74) is 1.71. The number of pyridine rings is 1. The third-order valence-corrected chi connectivity index (χ3v) is 4.35. The van der Waals surface area contributed by atoms with Gasteiger partial charge in [0.15, 0.2) is 0 Å². The minimum Gasteiger partial charge on any atom is -0.480 e. The molecule has 1 amide bonds. The van der Waals surface area contributed by atoms with Crippen LogP contribution in [0.15, 0.2) is 48.5 Å². The number of hydrogen-bond acceptors (Lipinski definition) is 4. The third kappa shape index (κ3) is 3.20. The summed E-state index contributed by atoms with van der Waals surface area (Å²) in [6, 6.07) is 15.3. The molecule has 0 aliphatic rings. The second kappa shape index (κ2) is 7.19. The van der Waals surface area contributed by atoms with Crippen molar-refractivity contribution in [1.29, 1.82) is 5.26 Å². The molecule has 130 valence electrons. The van der Waals surface area contributed by atoms with Gasteiger partial charge in [0.1, 0.15) is 6.04 Å². The van der Waals surface area contributed by atoms with Gasteiger partial charge >= 0.3 is 5.97 Å². The molecule has 0 unspecified atom stereocenters. The minimum atomic E-state index is -1.16. The molecule has 26 heavy (non-hydrogen) atoms. The Bertz CT molecular complexity index is 985. The van der Waals surface area contributed by atoms with Crippen molar-refractivity contribution in [1.82, 2.24) is 10.3 Å². The summed E-state index contributed by atoms with van der Waals surface area (Å²) in [7, 11) is 0. The standard InChI is InChI=1S/C20H17N3O3/c1-12(10-11-21)18(20(25)26)23-19(24)17-13-6-2-4-8-15(13)22-16-9-5-3-7-14(16)17/h2-9,12,18H,10H2,1H3,(H,23,24)(H,25,26)/t12-,18+/m1/s1. The average Bonchev–Trinajstić information content (AvgIpc) is 2.63. The number of aromatic nitrogens is 1. The maximum atomic E-state index is 13.0. The van der Waals surface area contributed by atoms with Crippen molar-refractivity contribution in [3.8, 4) is 6.07 Å². The Balaban J connectivity index is 2.12. The van der Waals surface area contributed by atoms with Crippen LogP contribution in [0.5, 0.6) is 0 Å². The summed E-state index contributed by atoms with van der Waals surface area (Å²) >= 11 is 0. The van der Waals surface area contributed by atoms with Crippen LogP contribution in [-0.4, -0.2) is 28.0 Å². The lowest BCUT2D eigenvalue weighted by Gasteiger charge is -2.20. The highest BCUT2D eigenvalue weighted by atomic mass is 16.4. The number of nitriles is 1. The number of nitrogens with zero attached hydrogens (tertiary/aromatic N) is 2. The van der Waals surface area contributed by atoms with Gasteiger partial charge in [0.2, 0.25) is 0 Å². The molecule has 1 heterocycles. The summed E-state index contributed by atoms with van der Waals surface area (Å²) in [5, 5.41) is 22.2. The zero-order chi connectivity index (χ0) is 18.7. The topological polar surface area (TPSA) is 103 Å². The summed E-state index contributed by atoms with van der Waals surface area (Å²) in [6.07, 6.45) is 0.0368. The van der Waals surface area contributed by atoms with Gasteiger partial charge in [-0.2, -0.15) is 5.26 Å². The van der Waals surface area contributed by atoms with Crippen molar-refractivity contribution < 1.29 is 14.7 Å². The molecule has 2 aromatic carbocycles. The van der Waals surface area contributed by atoms with Crippen molar-refractivity contribution in [3.63, 3.8) is 0 Å². The predicted molar refractivity (Wildman–Crippen MR) is 97.5 cm³/mol. The molecule has 6 nitrogen and oxygen atoms in total. The van der Waals surface area contributed by atoms with Crippen molar-refractivity contribution in [2.24, 2.45) is 5.92 Å². The number of fused-ring (bicyclic) bond motifs is 2. The minimum absolute atomic E-state index is 0.0368. The first-order valence-corrected chi connectivity index (χ1v) is 8.21. The number of hydrogen-bond donors (Lipinski definition) is 2. The van der Waals surface area contributed by atoms with Crippen LogP contribution in [0.4, 0.5) is 0 Å². The van der Waals surface area contributed by atoms with E-state index in [1.165, 1.54) is 0 Å². The molecular weight excluding hydrogens is 330 g/mol. The number of aliphatic carboxylic acids is 1. The van der Waals surface area contributed by atoms with Crippen LogP contribution in [0.3, 0.4) is 0 Å². The highest BCUT2D eigenvalue weighted by molar-refractivity contribution is 6.16. The number of carboxylic acids is 1. The monoisotopic (exact) mass is 347 g/mol. The highest BCUT2D eigenvalue weighted by Gasteiger charge is 2.28. The first kappa shape index (κ1) is 17.4. The number of rotatable bonds is 5. The number of nitrogens with one attached hydrogen (secondary N) is 1. The predicted octanol–water partition coefficient (Wildman–Crippen LogP) is 3.12. The summed E-state index contributed by atoms with van der Waals surface area (Å²) in [5.74, 6) is -2.17. The van der Waals surface area contributed by atoms with Gasteiger partial charge in [-0.3, -0.25) is 4.79 Å². The van der Waals surface area contributed by atoms with Gasteiger partial charge in [0, 0.05) is 23.1 Å². The molecule has 1 aromatic heterocycles. The van der Waals surface area contributed by atoms with Crippen molar-refractivity contribution >= 4 is 33.7 Å². The number of amides is 1. The first-order chi connectivity index (χ1) is 12.5. The zero-order valence-corrected chi connectivity index (χ0v) is 14.1. The lowest BCUT2D eigenvalue weighted by molar-refractivity contribution is -0.140. The fourth-order valence-electron chi connectivity index (χ4n) is 3.01. The van der Waals surface area contributed by atoms with E-state index in [1.807, 2.05) is 42.5 Å². The molecule has 2 N–H and O–H groups in total. The second-order valence-electron chi connectivity index (χ2n) is 6.15. The molecule has 2 atom stereocenters.